The second kappa shape index (κ2) is 7.31. The van der Waals surface area contributed by atoms with Crippen molar-refractivity contribution in [1.29, 1.82) is 0 Å². The largest absolute Gasteiger partial charge is 0.480 e. The van der Waals surface area contributed by atoms with Crippen molar-refractivity contribution in [3.63, 3.8) is 0 Å². The topological polar surface area (TPSA) is 86.7 Å². The smallest absolute Gasteiger partial charge is 0.326 e. The molecule has 2 atom stereocenters. The molecule has 0 saturated carbocycles. The number of rotatable bonds is 4. The molecule has 118 valence electrons. The summed E-state index contributed by atoms with van der Waals surface area (Å²) in [5.74, 6) is -1.62. The van der Waals surface area contributed by atoms with Crippen LogP contribution < -0.4 is 5.32 Å². The van der Waals surface area contributed by atoms with E-state index in [2.05, 4.69) is 17.9 Å². The highest BCUT2D eigenvalue weighted by Crippen LogP contribution is 2.19. The third kappa shape index (κ3) is 3.79. The van der Waals surface area contributed by atoms with Gasteiger partial charge in [0.05, 0.1) is 5.75 Å². The number of piperidine rings is 1. The number of carboxylic acid groups (broad SMARTS) is 1. The van der Waals surface area contributed by atoms with E-state index in [1.165, 1.54) is 4.90 Å². The van der Waals surface area contributed by atoms with Gasteiger partial charge in [0.2, 0.25) is 5.91 Å². The number of carbonyl (C=O) groups is 3. The van der Waals surface area contributed by atoms with E-state index >= 15 is 0 Å². The zero-order valence-corrected chi connectivity index (χ0v) is 12.8. The van der Waals surface area contributed by atoms with Crippen molar-refractivity contribution in [3.05, 3.63) is 35.9 Å². The lowest BCUT2D eigenvalue weighted by molar-refractivity contribution is -0.151. The molecule has 2 N–H and O–H groups in total. The fraction of sp³-hybridized carbons (Fsp3) is 0.400. The van der Waals surface area contributed by atoms with Crippen LogP contribution in [0, 0.1) is 0 Å². The van der Waals surface area contributed by atoms with Crippen molar-refractivity contribution >= 4 is 30.4 Å². The summed E-state index contributed by atoms with van der Waals surface area (Å²) >= 11 is 3.91. The summed E-state index contributed by atoms with van der Waals surface area (Å²) in [5, 5.41) is 12.1. The Morgan fingerprint density at radius 2 is 1.95 bits per heavy atom. The van der Waals surface area contributed by atoms with Crippen LogP contribution in [0.1, 0.15) is 23.2 Å². The van der Waals surface area contributed by atoms with Crippen molar-refractivity contribution in [1.82, 2.24) is 10.2 Å². The standard InChI is InChI=1S/C15H18N2O4S/c18-13(9-22)17-7-6-11(8-12(17)15(20)21)16-14(19)10-4-2-1-3-5-10/h1-5,11-12,22H,6-9H2,(H,16,19)(H,20,21)/t11-,12-/m0/s1. The number of likely N-dealkylation sites (tertiary alicyclic amines) is 1. The average molecular weight is 322 g/mol. The molecule has 0 unspecified atom stereocenters. The summed E-state index contributed by atoms with van der Waals surface area (Å²) < 4.78 is 0. The van der Waals surface area contributed by atoms with Crippen LogP contribution in [0.2, 0.25) is 0 Å². The molecular formula is C15H18N2O4S. The Bertz CT molecular complexity index is 564. The minimum absolute atomic E-state index is 0.0230. The molecule has 1 aliphatic heterocycles. The number of nitrogens with zero attached hydrogens (tertiary/aromatic N) is 1. The lowest BCUT2D eigenvalue weighted by atomic mass is 9.96. The van der Waals surface area contributed by atoms with Crippen LogP contribution in [0.3, 0.4) is 0 Å². The van der Waals surface area contributed by atoms with Gasteiger partial charge in [0.15, 0.2) is 0 Å². The zero-order valence-electron chi connectivity index (χ0n) is 11.9. The Kier molecular flexibility index (Phi) is 5.43. The number of hydrogen-bond donors (Lipinski definition) is 3. The average Bonchev–Trinajstić information content (AvgIpc) is 2.54. The van der Waals surface area contributed by atoms with Crippen LogP contribution in [0.25, 0.3) is 0 Å². The Balaban J connectivity index is 2.02. The van der Waals surface area contributed by atoms with Gasteiger partial charge in [-0.15, -0.1) is 0 Å². The molecule has 0 radical (unpaired) electrons. The van der Waals surface area contributed by atoms with E-state index in [9.17, 15) is 19.5 Å². The Labute approximate surface area is 133 Å². The molecule has 1 fully saturated rings. The first-order chi connectivity index (χ1) is 10.5. The predicted molar refractivity (Wildman–Crippen MR) is 83.9 cm³/mol. The molecule has 1 aliphatic rings. The third-order valence-corrected chi connectivity index (χ3v) is 3.98. The van der Waals surface area contributed by atoms with E-state index in [1.807, 2.05) is 6.07 Å². The number of benzene rings is 1. The van der Waals surface area contributed by atoms with Crippen molar-refractivity contribution in [2.45, 2.75) is 24.9 Å². The van der Waals surface area contributed by atoms with E-state index in [0.717, 1.165) is 0 Å². The van der Waals surface area contributed by atoms with Crippen molar-refractivity contribution < 1.29 is 19.5 Å². The maximum Gasteiger partial charge on any atom is 0.326 e. The summed E-state index contributed by atoms with van der Waals surface area (Å²) in [6.07, 6.45) is 0.731. The molecule has 7 heteroatoms. The highest BCUT2D eigenvalue weighted by atomic mass is 32.1. The number of carboxylic acids is 1. The monoisotopic (exact) mass is 322 g/mol. The Morgan fingerprint density at radius 1 is 1.27 bits per heavy atom. The van der Waals surface area contributed by atoms with Gasteiger partial charge in [-0.05, 0) is 25.0 Å². The van der Waals surface area contributed by atoms with Gasteiger partial charge in [0, 0.05) is 18.2 Å². The van der Waals surface area contributed by atoms with E-state index in [0.29, 0.717) is 18.5 Å². The van der Waals surface area contributed by atoms with Gasteiger partial charge in [0.25, 0.3) is 5.91 Å². The molecule has 6 nitrogen and oxygen atoms in total. The van der Waals surface area contributed by atoms with Crippen LogP contribution in [0.4, 0.5) is 0 Å². The first kappa shape index (κ1) is 16.4. The third-order valence-electron chi connectivity index (χ3n) is 3.71. The van der Waals surface area contributed by atoms with Crippen molar-refractivity contribution in [2.75, 3.05) is 12.3 Å². The summed E-state index contributed by atoms with van der Waals surface area (Å²) in [5.41, 5.74) is 0.531. The maximum absolute atomic E-state index is 12.1. The molecule has 0 spiro atoms. The van der Waals surface area contributed by atoms with Gasteiger partial charge in [-0.25, -0.2) is 4.79 Å². The number of amides is 2. The van der Waals surface area contributed by atoms with Crippen LogP contribution in [0.15, 0.2) is 30.3 Å². The van der Waals surface area contributed by atoms with Crippen LogP contribution in [-0.4, -0.2) is 52.2 Å². The first-order valence-electron chi connectivity index (χ1n) is 7.02. The molecule has 0 aliphatic carbocycles. The summed E-state index contributed by atoms with van der Waals surface area (Å²) in [6, 6.07) is 7.56. The maximum atomic E-state index is 12.1. The van der Waals surface area contributed by atoms with Gasteiger partial charge in [0.1, 0.15) is 6.04 Å². The molecule has 1 aromatic carbocycles. The highest BCUT2D eigenvalue weighted by Gasteiger charge is 2.36. The van der Waals surface area contributed by atoms with E-state index < -0.39 is 12.0 Å². The number of carbonyl (C=O) groups excluding carboxylic acids is 2. The zero-order chi connectivity index (χ0) is 16.1. The number of aliphatic carboxylic acids is 1. The highest BCUT2D eigenvalue weighted by molar-refractivity contribution is 7.81. The predicted octanol–water partition coefficient (Wildman–Crippen LogP) is 0.790. The second-order valence-electron chi connectivity index (χ2n) is 5.16. The molecular weight excluding hydrogens is 304 g/mol. The van der Waals surface area contributed by atoms with Gasteiger partial charge in [-0.1, -0.05) is 18.2 Å². The molecule has 0 aromatic heterocycles. The molecule has 2 amide bonds. The van der Waals surface area contributed by atoms with Gasteiger partial charge in [-0.3, -0.25) is 9.59 Å². The van der Waals surface area contributed by atoms with Crippen molar-refractivity contribution in [2.24, 2.45) is 0 Å². The summed E-state index contributed by atoms with van der Waals surface area (Å²) in [7, 11) is 0. The minimum Gasteiger partial charge on any atom is -0.480 e. The fourth-order valence-electron chi connectivity index (χ4n) is 2.58. The van der Waals surface area contributed by atoms with Gasteiger partial charge in [-0.2, -0.15) is 12.6 Å². The molecule has 0 bridgehead atoms. The fourth-order valence-corrected chi connectivity index (χ4v) is 2.76. The second-order valence-corrected chi connectivity index (χ2v) is 5.48. The van der Waals surface area contributed by atoms with Crippen LogP contribution >= 0.6 is 12.6 Å². The van der Waals surface area contributed by atoms with Crippen molar-refractivity contribution in [3.8, 4) is 0 Å². The van der Waals surface area contributed by atoms with E-state index in [4.69, 9.17) is 0 Å². The van der Waals surface area contributed by atoms with E-state index in [-0.39, 0.29) is 30.0 Å². The van der Waals surface area contributed by atoms with Gasteiger partial charge >= 0.3 is 5.97 Å². The molecule has 1 heterocycles. The minimum atomic E-state index is -1.06. The summed E-state index contributed by atoms with van der Waals surface area (Å²) in [6.45, 7) is 0.302. The molecule has 1 aromatic rings. The van der Waals surface area contributed by atoms with Crippen LogP contribution in [-0.2, 0) is 9.59 Å². The molecule has 1 saturated heterocycles. The van der Waals surface area contributed by atoms with Gasteiger partial charge < -0.3 is 15.3 Å². The quantitative estimate of drug-likeness (QED) is 0.715. The normalized spacial score (nSPS) is 21.2. The SMILES string of the molecule is O=C(N[C@H]1CCN(C(=O)CS)[C@H](C(=O)O)C1)c1ccccc1. The lowest BCUT2D eigenvalue weighted by Gasteiger charge is -2.37. The van der Waals surface area contributed by atoms with E-state index in [1.54, 1.807) is 24.3 Å². The Hall–Kier alpha value is -2.02. The number of nitrogens with one attached hydrogen (secondary N) is 1. The summed E-state index contributed by atoms with van der Waals surface area (Å²) in [4.78, 5) is 36.5. The first-order valence-corrected chi connectivity index (χ1v) is 7.65. The molecule has 2 rings (SSSR count). The lowest BCUT2D eigenvalue weighted by Crippen LogP contribution is -2.55. The Morgan fingerprint density at radius 3 is 2.55 bits per heavy atom. The van der Waals surface area contributed by atoms with Crippen LogP contribution in [0.5, 0.6) is 0 Å². The molecule has 22 heavy (non-hydrogen) atoms. The number of thiol groups is 1. The number of hydrogen-bond acceptors (Lipinski definition) is 4.